The Labute approximate surface area is 262 Å². The quantitative estimate of drug-likeness (QED) is 0.139. The molecule has 1 atom stereocenters. The summed E-state index contributed by atoms with van der Waals surface area (Å²) in [5.74, 6) is -1.91. The number of hydrogen-bond acceptors (Lipinski definition) is 10. The molecule has 13 heteroatoms. The number of hydrogen-bond donors (Lipinski definition) is 4. The fourth-order valence-corrected chi connectivity index (χ4v) is 6.29. The Hall–Kier alpha value is -3.32. The third-order valence-corrected chi connectivity index (χ3v) is 9.66. The molecule has 240 valence electrons. The molecule has 1 aromatic carbocycles. The van der Waals surface area contributed by atoms with Crippen LogP contribution in [0.2, 0.25) is 0 Å². The summed E-state index contributed by atoms with van der Waals surface area (Å²) in [4.78, 5) is 34.3. The van der Waals surface area contributed by atoms with Crippen molar-refractivity contribution in [3.05, 3.63) is 35.9 Å². The van der Waals surface area contributed by atoms with Gasteiger partial charge in [-0.2, -0.15) is 0 Å². The Morgan fingerprint density at radius 2 is 1.75 bits per heavy atom. The number of nitrogens with zero attached hydrogens (tertiary/aromatic N) is 3. The second-order valence-electron chi connectivity index (χ2n) is 12.0. The maximum Gasteiger partial charge on any atom is 0.322 e. The lowest BCUT2D eigenvalue weighted by Crippen LogP contribution is -2.40. The van der Waals surface area contributed by atoms with Gasteiger partial charge in [-0.25, -0.2) is 13.8 Å². The van der Waals surface area contributed by atoms with Crippen LogP contribution in [0.1, 0.15) is 62.2 Å². The first-order valence-electron chi connectivity index (χ1n) is 15.4. The molecule has 2 aromatic rings. The molecule has 3 heterocycles. The number of carbonyl (C=O) groups is 2. The van der Waals surface area contributed by atoms with E-state index < -0.39 is 17.9 Å². The third kappa shape index (κ3) is 7.84. The number of alkyl halides is 2. The van der Waals surface area contributed by atoms with Crippen LogP contribution in [0.15, 0.2) is 30.3 Å². The van der Waals surface area contributed by atoms with Crippen LogP contribution in [0, 0.1) is 5.41 Å². The summed E-state index contributed by atoms with van der Waals surface area (Å²) in [6, 6.07) is 8.58. The van der Waals surface area contributed by atoms with E-state index in [-0.39, 0.29) is 38.4 Å². The van der Waals surface area contributed by atoms with Crippen molar-refractivity contribution in [2.24, 2.45) is 11.1 Å². The van der Waals surface area contributed by atoms with Crippen molar-refractivity contribution < 1.29 is 23.1 Å². The molecule has 0 unspecified atom stereocenters. The molecule has 3 fully saturated rings. The Morgan fingerprint density at radius 1 is 1.05 bits per heavy atom. The van der Waals surface area contributed by atoms with Gasteiger partial charge < -0.3 is 35.6 Å². The van der Waals surface area contributed by atoms with E-state index in [4.69, 9.17) is 10.5 Å². The summed E-state index contributed by atoms with van der Waals surface area (Å²) in [6.07, 6.45) is 4.85. The largest absolute Gasteiger partial charge is 0.464 e. The molecular formula is C31H43F2N7O3S. The van der Waals surface area contributed by atoms with Crippen LogP contribution < -0.4 is 30.9 Å². The molecule has 1 aromatic heterocycles. The van der Waals surface area contributed by atoms with E-state index in [0.717, 1.165) is 37.3 Å². The molecule has 1 saturated carbocycles. The Bertz CT molecular complexity index is 1320. The maximum absolute atomic E-state index is 13.8. The van der Waals surface area contributed by atoms with Gasteiger partial charge in [0, 0.05) is 57.5 Å². The first-order valence-corrected chi connectivity index (χ1v) is 16.4. The minimum absolute atomic E-state index is 0.188. The average Bonchev–Trinajstić information content (AvgIpc) is 3.78. The van der Waals surface area contributed by atoms with E-state index >= 15 is 0 Å². The van der Waals surface area contributed by atoms with Crippen LogP contribution in [-0.2, 0) is 9.53 Å². The van der Waals surface area contributed by atoms with Crippen molar-refractivity contribution in [3.8, 4) is 0 Å². The molecule has 0 radical (unpaired) electrons. The number of piperidine rings is 2. The summed E-state index contributed by atoms with van der Waals surface area (Å²) >= 11 is 1.41. The van der Waals surface area contributed by atoms with Crippen molar-refractivity contribution in [3.63, 3.8) is 0 Å². The number of ether oxygens (including phenoxy) is 1. The van der Waals surface area contributed by atoms with Gasteiger partial charge in [-0.1, -0.05) is 6.92 Å². The van der Waals surface area contributed by atoms with Gasteiger partial charge in [-0.3, -0.25) is 9.59 Å². The molecule has 5 N–H and O–H groups in total. The molecule has 0 bridgehead atoms. The Kier molecular flexibility index (Phi) is 10.0. The monoisotopic (exact) mass is 631 g/mol. The first-order chi connectivity index (χ1) is 21.1. The van der Waals surface area contributed by atoms with Crippen molar-refractivity contribution in [1.82, 2.24) is 4.98 Å². The Balaban J connectivity index is 1.28. The van der Waals surface area contributed by atoms with Crippen molar-refractivity contribution in [1.29, 1.82) is 0 Å². The van der Waals surface area contributed by atoms with Crippen LogP contribution in [0.25, 0.3) is 0 Å². The van der Waals surface area contributed by atoms with Crippen molar-refractivity contribution in [2.75, 3.05) is 70.7 Å². The Morgan fingerprint density at radius 3 is 2.41 bits per heavy atom. The number of pyridine rings is 1. The minimum Gasteiger partial charge on any atom is -0.464 e. The van der Waals surface area contributed by atoms with E-state index in [9.17, 15) is 18.4 Å². The zero-order valence-electron chi connectivity index (χ0n) is 25.5. The highest BCUT2D eigenvalue weighted by atomic mass is 32.2. The van der Waals surface area contributed by atoms with Crippen LogP contribution in [-0.4, -0.2) is 74.4 Å². The van der Waals surface area contributed by atoms with E-state index in [1.807, 2.05) is 36.1 Å². The SMILES string of the molecule is CC[C@H](N)C(=O)OCCSNc1ccc(C(=O)Nc2ccc(NC)c(N3CCC(F)(F)CC3)n2)c(N2CCC3(CC2)CC3)c1. The maximum atomic E-state index is 13.8. The summed E-state index contributed by atoms with van der Waals surface area (Å²) in [5, 5.41) is 6.04. The second kappa shape index (κ2) is 13.8. The zero-order valence-corrected chi connectivity index (χ0v) is 26.3. The van der Waals surface area contributed by atoms with Crippen LogP contribution in [0.4, 0.5) is 37.5 Å². The number of rotatable bonds is 12. The molecule has 1 spiro atoms. The van der Waals surface area contributed by atoms with Crippen LogP contribution in [0.3, 0.4) is 0 Å². The highest BCUT2D eigenvalue weighted by molar-refractivity contribution is 8.00. The molecule has 3 aliphatic rings. The number of anilines is 5. The number of halogens is 2. The van der Waals surface area contributed by atoms with Crippen LogP contribution >= 0.6 is 11.9 Å². The average molecular weight is 632 g/mol. The third-order valence-electron chi connectivity index (χ3n) is 8.91. The van der Waals surface area contributed by atoms with Gasteiger partial charge >= 0.3 is 5.97 Å². The standard InChI is InChI=1S/C31H43F2N7O3S/c1-3-23(34)29(42)43-18-19-44-38-21-4-5-22(25(20-21)39-14-10-30(8-9-30)11-15-39)28(41)37-26-7-6-24(35-2)27(36-26)40-16-12-31(32,33)13-17-40/h4-7,20,23,35,38H,3,8-19,34H2,1-2H3,(H,36,37,41)/t23-/m0/s1. The summed E-state index contributed by atoms with van der Waals surface area (Å²) < 4.78 is 36.1. The second-order valence-corrected chi connectivity index (χ2v) is 12.9. The van der Waals surface area contributed by atoms with Crippen molar-refractivity contribution in [2.45, 2.75) is 63.8 Å². The number of amides is 1. The number of esters is 1. The number of aromatic nitrogens is 1. The van der Waals surface area contributed by atoms with Gasteiger partial charge in [0.2, 0.25) is 0 Å². The van der Waals surface area contributed by atoms with E-state index in [0.29, 0.717) is 40.5 Å². The van der Waals surface area contributed by atoms with Gasteiger partial charge in [0.25, 0.3) is 11.8 Å². The number of benzene rings is 1. The summed E-state index contributed by atoms with van der Waals surface area (Å²) in [7, 11) is 1.76. The summed E-state index contributed by atoms with van der Waals surface area (Å²) in [6.45, 7) is 4.21. The van der Waals surface area contributed by atoms with Gasteiger partial charge in [0.15, 0.2) is 5.82 Å². The fourth-order valence-electron chi connectivity index (χ4n) is 5.72. The number of carbonyl (C=O) groups excluding carboxylic acids is 2. The van der Waals surface area contributed by atoms with Gasteiger partial charge in [0.1, 0.15) is 18.5 Å². The molecule has 5 rings (SSSR count). The number of nitrogens with two attached hydrogens (primary N) is 1. The topological polar surface area (TPSA) is 125 Å². The fraction of sp³-hybridized carbons (Fsp3) is 0.581. The molecule has 10 nitrogen and oxygen atoms in total. The molecule has 2 aliphatic heterocycles. The number of nitrogens with one attached hydrogen (secondary N) is 3. The van der Waals surface area contributed by atoms with E-state index in [2.05, 4.69) is 25.2 Å². The van der Waals surface area contributed by atoms with Crippen LogP contribution in [0.5, 0.6) is 0 Å². The first kappa shape index (κ1) is 32.1. The highest BCUT2D eigenvalue weighted by Gasteiger charge is 2.44. The minimum atomic E-state index is -2.67. The van der Waals surface area contributed by atoms with E-state index in [1.54, 1.807) is 13.1 Å². The predicted molar refractivity (Wildman–Crippen MR) is 173 cm³/mol. The van der Waals surface area contributed by atoms with E-state index in [1.165, 1.54) is 24.8 Å². The summed E-state index contributed by atoms with van der Waals surface area (Å²) in [5.41, 5.74) is 9.13. The van der Waals surface area contributed by atoms with Gasteiger partial charge in [0.05, 0.1) is 16.9 Å². The zero-order chi connectivity index (χ0) is 31.3. The van der Waals surface area contributed by atoms with Gasteiger partial charge in [-0.05, 0) is 79.8 Å². The molecule has 1 amide bonds. The highest BCUT2D eigenvalue weighted by Crippen LogP contribution is 2.54. The molecule has 1 aliphatic carbocycles. The smallest absolute Gasteiger partial charge is 0.322 e. The normalized spacial score (nSPS) is 19.3. The lowest BCUT2D eigenvalue weighted by molar-refractivity contribution is -0.144. The lowest BCUT2D eigenvalue weighted by atomic mass is 9.93. The molecule has 44 heavy (non-hydrogen) atoms. The lowest BCUT2D eigenvalue weighted by Gasteiger charge is -2.35. The van der Waals surface area contributed by atoms with Gasteiger partial charge in [-0.15, -0.1) is 0 Å². The molecule has 2 saturated heterocycles. The predicted octanol–water partition coefficient (Wildman–Crippen LogP) is 5.33. The molecular weight excluding hydrogens is 588 g/mol. The van der Waals surface area contributed by atoms with Crippen molar-refractivity contribution >= 4 is 52.5 Å².